The van der Waals surface area contributed by atoms with Crippen LogP contribution >= 0.6 is 0 Å². The summed E-state index contributed by atoms with van der Waals surface area (Å²) in [6.45, 7) is 7.38. The van der Waals surface area contributed by atoms with Crippen molar-refractivity contribution in [2.45, 2.75) is 39.7 Å². The van der Waals surface area contributed by atoms with Crippen molar-refractivity contribution in [1.29, 1.82) is 5.41 Å². The molecular weight excluding hydrogens is 266 g/mol. The minimum atomic E-state index is 0.0471. The van der Waals surface area contributed by atoms with Gasteiger partial charge in [-0.15, -0.1) is 5.10 Å². The first-order valence-electron chi connectivity index (χ1n) is 7.41. The van der Waals surface area contributed by atoms with E-state index in [1.54, 1.807) is 7.11 Å². The SMILES string of the molecule is COCCN(c1nnc(C)c(C)c1C(=N)N)C(C)C1CC1. The summed E-state index contributed by atoms with van der Waals surface area (Å²) in [5.74, 6) is 1.44. The molecule has 1 saturated carbocycles. The topological polar surface area (TPSA) is 88.1 Å². The number of amidine groups is 1. The molecule has 1 aliphatic rings. The zero-order chi connectivity index (χ0) is 15.6. The molecule has 0 radical (unpaired) electrons. The summed E-state index contributed by atoms with van der Waals surface area (Å²) >= 11 is 0. The molecule has 0 aromatic carbocycles. The summed E-state index contributed by atoms with van der Waals surface area (Å²) in [6.07, 6.45) is 2.50. The molecule has 0 spiro atoms. The second kappa shape index (κ2) is 6.39. The van der Waals surface area contributed by atoms with Gasteiger partial charge in [0.1, 0.15) is 5.84 Å². The number of aryl methyl sites for hydroxylation is 1. The standard InChI is InChI=1S/C15H25N5O/c1-9-10(2)18-19-15(13(9)14(16)17)20(7-8-21-4)11(3)12-5-6-12/h11-12H,5-8H2,1-4H3,(H3,16,17). The molecule has 1 aliphatic carbocycles. The van der Waals surface area contributed by atoms with Gasteiger partial charge in [-0.05, 0) is 45.1 Å². The zero-order valence-corrected chi connectivity index (χ0v) is 13.3. The molecule has 21 heavy (non-hydrogen) atoms. The number of aromatic nitrogens is 2. The minimum absolute atomic E-state index is 0.0471. The zero-order valence-electron chi connectivity index (χ0n) is 13.3. The molecule has 1 aromatic heterocycles. The maximum absolute atomic E-state index is 7.90. The van der Waals surface area contributed by atoms with Crippen LogP contribution in [0.25, 0.3) is 0 Å². The molecule has 0 aliphatic heterocycles. The van der Waals surface area contributed by atoms with Gasteiger partial charge in [0.05, 0.1) is 17.9 Å². The van der Waals surface area contributed by atoms with Crippen LogP contribution in [0.1, 0.15) is 36.6 Å². The summed E-state index contributed by atoms with van der Waals surface area (Å²) in [5, 5.41) is 16.5. The summed E-state index contributed by atoms with van der Waals surface area (Å²) in [7, 11) is 1.69. The van der Waals surface area contributed by atoms with E-state index in [-0.39, 0.29) is 5.84 Å². The Balaban J connectivity index is 2.42. The lowest BCUT2D eigenvalue weighted by Gasteiger charge is -2.32. The third-order valence-electron chi connectivity index (χ3n) is 4.31. The molecule has 0 bridgehead atoms. The highest BCUT2D eigenvalue weighted by Crippen LogP contribution is 2.37. The Morgan fingerprint density at radius 1 is 1.43 bits per heavy atom. The number of ether oxygens (including phenoxy) is 1. The Morgan fingerprint density at radius 3 is 2.62 bits per heavy atom. The normalized spacial score (nSPS) is 15.8. The Morgan fingerprint density at radius 2 is 2.10 bits per heavy atom. The summed E-state index contributed by atoms with van der Waals surface area (Å²) < 4.78 is 5.22. The number of rotatable bonds is 7. The van der Waals surface area contributed by atoms with Crippen molar-refractivity contribution in [2.75, 3.05) is 25.2 Å². The van der Waals surface area contributed by atoms with Crippen LogP contribution in [0, 0.1) is 25.2 Å². The van der Waals surface area contributed by atoms with Crippen molar-refractivity contribution >= 4 is 11.7 Å². The molecule has 0 amide bonds. The summed E-state index contributed by atoms with van der Waals surface area (Å²) in [6, 6.07) is 0.356. The van der Waals surface area contributed by atoms with Crippen LogP contribution in [0.15, 0.2) is 0 Å². The number of hydrogen-bond acceptors (Lipinski definition) is 5. The first kappa shape index (κ1) is 15.7. The fourth-order valence-corrected chi connectivity index (χ4v) is 2.64. The van der Waals surface area contributed by atoms with E-state index in [0.29, 0.717) is 29.9 Å². The number of methoxy groups -OCH3 is 1. The molecule has 2 rings (SSSR count). The maximum atomic E-state index is 7.90. The smallest absolute Gasteiger partial charge is 0.162 e. The number of nitrogens with zero attached hydrogens (tertiary/aromatic N) is 3. The molecule has 3 N–H and O–H groups in total. The quantitative estimate of drug-likeness (QED) is 0.589. The van der Waals surface area contributed by atoms with Crippen LogP contribution in [0.2, 0.25) is 0 Å². The first-order chi connectivity index (χ1) is 9.97. The highest BCUT2D eigenvalue weighted by Gasteiger charge is 2.34. The van der Waals surface area contributed by atoms with Gasteiger partial charge >= 0.3 is 0 Å². The first-order valence-corrected chi connectivity index (χ1v) is 7.41. The number of nitrogen functional groups attached to an aromatic ring is 1. The number of nitrogens with two attached hydrogens (primary N) is 1. The van der Waals surface area contributed by atoms with E-state index in [4.69, 9.17) is 15.9 Å². The molecule has 116 valence electrons. The van der Waals surface area contributed by atoms with Gasteiger partial charge < -0.3 is 15.4 Å². The van der Waals surface area contributed by atoms with Gasteiger partial charge in [0.25, 0.3) is 0 Å². The van der Waals surface area contributed by atoms with Crippen molar-refractivity contribution in [3.05, 3.63) is 16.8 Å². The van der Waals surface area contributed by atoms with E-state index < -0.39 is 0 Å². The Hall–Kier alpha value is -1.69. The summed E-state index contributed by atoms with van der Waals surface area (Å²) in [5.41, 5.74) is 8.24. The molecule has 1 fully saturated rings. The minimum Gasteiger partial charge on any atom is -0.384 e. The van der Waals surface area contributed by atoms with Crippen LogP contribution < -0.4 is 10.6 Å². The van der Waals surface area contributed by atoms with Gasteiger partial charge in [-0.25, -0.2) is 0 Å². The number of anilines is 1. The Bertz CT molecular complexity index is 527. The highest BCUT2D eigenvalue weighted by molar-refractivity contribution is 6.01. The van der Waals surface area contributed by atoms with E-state index in [1.165, 1.54) is 12.8 Å². The lowest BCUT2D eigenvalue weighted by atomic mass is 10.1. The second-order valence-electron chi connectivity index (χ2n) is 5.79. The van der Waals surface area contributed by atoms with Gasteiger partial charge in [-0.3, -0.25) is 5.41 Å². The third kappa shape index (κ3) is 3.32. The lowest BCUT2D eigenvalue weighted by molar-refractivity contribution is 0.202. The molecule has 1 heterocycles. The molecule has 1 aromatic rings. The molecular formula is C15H25N5O. The van der Waals surface area contributed by atoms with Crippen molar-refractivity contribution < 1.29 is 4.74 Å². The summed E-state index contributed by atoms with van der Waals surface area (Å²) in [4.78, 5) is 2.19. The van der Waals surface area contributed by atoms with Crippen LogP contribution in [0.3, 0.4) is 0 Å². The van der Waals surface area contributed by atoms with Crippen LogP contribution in [-0.2, 0) is 4.74 Å². The lowest BCUT2D eigenvalue weighted by Crippen LogP contribution is -2.40. The van der Waals surface area contributed by atoms with Gasteiger partial charge in [-0.2, -0.15) is 5.10 Å². The number of hydrogen-bond donors (Lipinski definition) is 2. The van der Waals surface area contributed by atoms with E-state index in [0.717, 1.165) is 17.8 Å². The molecule has 1 unspecified atom stereocenters. The fraction of sp³-hybridized carbons (Fsp3) is 0.667. The highest BCUT2D eigenvalue weighted by atomic mass is 16.5. The fourth-order valence-electron chi connectivity index (χ4n) is 2.64. The Labute approximate surface area is 126 Å². The van der Waals surface area contributed by atoms with Crippen molar-refractivity contribution in [3.63, 3.8) is 0 Å². The predicted octanol–water partition coefficient (Wildman–Crippen LogP) is 1.63. The third-order valence-corrected chi connectivity index (χ3v) is 4.31. The van der Waals surface area contributed by atoms with Crippen molar-refractivity contribution in [2.24, 2.45) is 11.7 Å². The maximum Gasteiger partial charge on any atom is 0.162 e. The second-order valence-corrected chi connectivity index (χ2v) is 5.79. The monoisotopic (exact) mass is 291 g/mol. The van der Waals surface area contributed by atoms with Gasteiger partial charge in [-0.1, -0.05) is 0 Å². The number of nitrogens with one attached hydrogen (secondary N) is 1. The largest absolute Gasteiger partial charge is 0.384 e. The van der Waals surface area contributed by atoms with E-state index in [9.17, 15) is 0 Å². The average molecular weight is 291 g/mol. The van der Waals surface area contributed by atoms with Crippen LogP contribution in [-0.4, -0.2) is 42.3 Å². The Kier molecular flexibility index (Phi) is 4.77. The van der Waals surface area contributed by atoms with E-state index in [1.807, 2.05) is 13.8 Å². The van der Waals surface area contributed by atoms with Gasteiger partial charge in [0.2, 0.25) is 0 Å². The van der Waals surface area contributed by atoms with Crippen molar-refractivity contribution in [1.82, 2.24) is 10.2 Å². The van der Waals surface area contributed by atoms with E-state index in [2.05, 4.69) is 22.0 Å². The molecule has 6 heteroatoms. The van der Waals surface area contributed by atoms with E-state index >= 15 is 0 Å². The predicted molar refractivity (Wildman–Crippen MR) is 83.9 cm³/mol. The van der Waals surface area contributed by atoms with Crippen LogP contribution in [0.5, 0.6) is 0 Å². The van der Waals surface area contributed by atoms with Crippen molar-refractivity contribution in [3.8, 4) is 0 Å². The average Bonchev–Trinajstić information content (AvgIpc) is 3.26. The molecule has 0 saturated heterocycles. The van der Waals surface area contributed by atoms with Gasteiger partial charge in [0.15, 0.2) is 5.82 Å². The van der Waals surface area contributed by atoms with Gasteiger partial charge in [0, 0.05) is 19.7 Å². The molecule has 6 nitrogen and oxygen atoms in total. The van der Waals surface area contributed by atoms with Crippen LogP contribution in [0.4, 0.5) is 5.82 Å². The molecule has 1 atom stereocenters.